The van der Waals surface area contributed by atoms with E-state index in [9.17, 15) is 4.39 Å². The van der Waals surface area contributed by atoms with E-state index in [0.29, 0.717) is 16.9 Å². The quantitative estimate of drug-likeness (QED) is 0.604. The van der Waals surface area contributed by atoms with Gasteiger partial charge in [0.2, 0.25) is 5.95 Å². The molecule has 0 radical (unpaired) electrons. The van der Waals surface area contributed by atoms with Crippen LogP contribution in [0.25, 0.3) is 11.0 Å². The Morgan fingerprint density at radius 1 is 1.33 bits per heavy atom. The molecule has 4 heteroatoms. The van der Waals surface area contributed by atoms with Crippen LogP contribution in [0, 0.1) is 19.8 Å². The molecule has 0 aliphatic heterocycles. The van der Waals surface area contributed by atoms with Gasteiger partial charge < -0.3 is 4.98 Å². The Morgan fingerprint density at radius 2 is 2.08 bits per heavy atom. The molecule has 3 nitrogen and oxygen atoms in total. The minimum Gasteiger partial charge on any atom is -0.356 e. The van der Waals surface area contributed by atoms with Crippen molar-refractivity contribution in [3.63, 3.8) is 0 Å². The average Bonchev–Trinajstić information content (AvgIpc) is 2.33. The summed E-state index contributed by atoms with van der Waals surface area (Å²) in [6.45, 7) is 3.56. The first-order chi connectivity index (χ1) is 5.68. The van der Waals surface area contributed by atoms with Crippen molar-refractivity contribution in [1.82, 2.24) is 15.0 Å². The lowest BCUT2D eigenvalue weighted by Gasteiger charge is -1.94. The van der Waals surface area contributed by atoms with Crippen molar-refractivity contribution >= 4 is 11.0 Å². The van der Waals surface area contributed by atoms with Gasteiger partial charge in [0.25, 0.3) is 0 Å². The molecule has 0 aromatic carbocycles. The number of hydrogen-bond donors (Lipinski definition) is 1. The Morgan fingerprint density at radius 3 is 2.83 bits per heavy atom. The van der Waals surface area contributed by atoms with E-state index >= 15 is 0 Å². The molecule has 62 valence electrons. The predicted octanol–water partition coefficient (Wildman–Crippen LogP) is 1.71. The van der Waals surface area contributed by atoms with Crippen molar-refractivity contribution in [3.05, 3.63) is 23.5 Å². The monoisotopic (exact) mass is 165 g/mol. The first-order valence-electron chi connectivity index (χ1n) is 3.66. The topological polar surface area (TPSA) is 41.6 Å². The highest BCUT2D eigenvalue weighted by Gasteiger charge is 2.07. The van der Waals surface area contributed by atoms with Crippen LogP contribution >= 0.6 is 0 Å². The summed E-state index contributed by atoms with van der Waals surface area (Å²) in [6.07, 6.45) is 1.72. The van der Waals surface area contributed by atoms with Crippen LogP contribution in [-0.2, 0) is 0 Å². The Hall–Kier alpha value is -1.45. The van der Waals surface area contributed by atoms with Gasteiger partial charge in [-0.25, -0.2) is 9.97 Å². The molecule has 0 unspecified atom stereocenters. The second-order valence-electron chi connectivity index (χ2n) is 2.76. The van der Waals surface area contributed by atoms with Gasteiger partial charge in [-0.2, -0.15) is 4.39 Å². The first kappa shape index (κ1) is 7.21. The molecule has 0 amide bonds. The first-order valence-corrected chi connectivity index (χ1v) is 3.66. The maximum Gasteiger partial charge on any atom is 0.240 e. The number of fused-ring (bicyclic) bond motifs is 1. The van der Waals surface area contributed by atoms with Crippen LogP contribution in [0.1, 0.15) is 11.4 Å². The summed E-state index contributed by atoms with van der Waals surface area (Å²) in [6, 6.07) is 0. The van der Waals surface area contributed by atoms with E-state index in [0.717, 1.165) is 5.56 Å². The third kappa shape index (κ3) is 0.879. The number of hydrogen-bond acceptors (Lipinski definition) is 2. The number of rotatable bonds is 0. The minimum atomic E-state index is -0.481. The Balaban J connectivity index is 2.92. The molecular weight excluding hydrogens is 157 g/mol. The number of nitrogens with zero attached hydrogens (tertiary/aromatic N) is 2. The SMILES string of the molecule is Cc1nc(F)c2[nH]cc(C)c2n1. The van der Waals surface area contributed by atoms with Crippen molar-refractivity contribution in [1.29, 1.82) is 0 Å². The van der Waals surface area contributed by atoms with Gasteiger partial charge in [0.1, 0.15) is 11.3 Å². The third-order valence-electron chi connectivity index (χ3n) is 1.78. The lowest BCUT2D eigenvalue weighted by molar-refractivity contribution is 0.586. The van der Waals surface area contributed by atoms with Crippen LogP contribution in [0.5, 0.6) is 0 Å². The molecule has 0 atom stereocenters. The maximum absolute atomic E-state index is 13.1. The second kappa shape index (κ2) is 2.27. The summed E-state index contributed by atoms with van der Waals surface area (Å²) in [5, 5.41) is 0. The highest BCUT2D eigenvalue weighted by molar-refractivity contribution is 5.78. The maximum atomic E-state index is 13.1. The molecule has 2 rings (SSSR count). The summed E-state index contributed by atoms with van der Waals surface area (Å²) in [5.41, 5.74) is 1.99. The van der Waals surface area contributed by atoms with Gasteiger partial charge in [0.15, 0.2) is 0 Å². The van der Waals surface area contributed by atoms with E-state index in [1.165, 1.54) is 0 Å². The van der Waals surface area contributed by atoms with E-state index in [4.69, 9.17) is 0 Å². The summed E-state index contributed by atoms with van der Waals surface area (Å²) in [5.74, 6) is -0.0201. The predicted molar refractivity (Wildman–Crippen MR) is 43.3 cm³/mol. The highest BCUT2D eigenvalue weighted by Crippen LogP contribution is 2.16. The van der Waals surface area contributed by atoms with Gasteiger partial charge in [-0.3, -0.25) is 0 Å². The van der Waals surface area contributed by atoms with Crippen molar-refractivity contribution in [2.24, 2.45) is 0 Å². The standard InChI is InChI=1S/C8H8FN3/c1-4-3-10-7-6(4)11-5(2)12-8(7)9/h3,10H,1-2H3. The number of aromatic nitrogens is 3. The number of H-pyrrole nitrogens is 1. The molecule has 0 spiro atoms. The lowest BCUT2D eigenvalue weighted by atomic mass is 10.3. The van der Waals surface area contributed by atoms with Crippen LogP contribution in [0.15, 0.2) is 6.20 Å². The summed E-state index contributed by atoms with van der Waals surface area (Å²) in [4.78, 5) is 10.5. The Bertz CT molecular complexity index is 433. The summed E-state index contributed by atoms with van der Waals surface area (Å²) < 4.78 is 13.1. The molecule has 0 saturated carbocycles. The van der Waals surface area contributed by atoms with E-state index in [1.807, 2.05) is 6.92 Å². The number of aromatic amines is 1. The molecule has 0 saturated heterocycles. The number of nitrogens with one attached hydrogen (secondary N) is 1. The van der Waals surface area contributed by atoms with E-state index < -0.39 is 5.95 Å². The molecule has 12 heavy (non-hydrogen) atoms. The molecule has 0 aliphatic rings. The molecular formula is C8H8FN3. The zero-order valence-electron chi connectivity index (χ0n) is 6.85. The lowest BCUT2D eigenvalue weighted by Crippen LogP contribution is -1.92. The van der Waals surface area contributed by atoms with Crippen molar-refractivity contribution in [2.45, 2.75) is 13.8 Å². The summed E-state index contributed by atoms with van der Waals surface area (Å²) >= 11 is 0. The number of aryl methyl sites for hydroxylation is 2. The zero-order valence-corrected chi connectivity index (χ0v) is 6.85. The highest BCUT2D eigenvalue weighted by atomic mass is 19.1. The Labute approximate surface area is 68.7 Å². The van der Waals surface area contributed by atoms with Gasteiger partial charge in [-0.15, -0.1) is 0 Å². The van der Waals surface area contributed by atoms with E-state index in [-0.39, 0.29) is 0 Å². The fourth-order valence-corrected chi connectivity index (χ4v) is 1.20. The molecule has 2 aromatic heterocycles. The molecule has 0 aliphatic carbocycles. The molecule has 0 bridgehead atoms. The normalized spacial score (nSPS) is 10.9. The fraction of sp³-hybridized carbons (Fsp3) is 0.250. The van der Waals surface area contributed by atoms with Crippen LogP contribution in [0.4, 0.5) is 4.39 Å². The van der Waals surface area contributed by atoms with Gasteiger partial charge in [0, 0.05) is 6.20 Å². The fourth-order valence-electron chi connectivity index (χ4n) is 1.20. The van der Waals surface area contributed by atoms with Gasteiger partial charge in [-0.05, 0) is 19.4 Å². The van der Waals surface area contributed by atoms with E-state index in [2.05, 4.69) is 15.0 Å². The molecule has 2 aromatic rings. The molecule has 0 fully saturated rings. The largest absolute Gasteiger partial charge is 0.356 e. The smallest absolute Gasteiger partial charge is 0.240 e. The molecule has 2 heterocycles. The minimum absolute atomic E-state index is 0.387. The van der Waals surface area contributed by atoms with Gasteiger partial charge >= 0.3 is 0 Å². The van der Waals surface area contributed by atoms with Crippen LogP contribution in [0.2, 0.25) is 0 Å². The van der Waals surface area contributed by atoms with Crippen LogP contribution in [-0.4, -0.2) is 15.0 Å². The Kier molecular flexibility index (Phi) is 1.36. The van der Waals surface area contributed by atoms with Crippen molar-refractivity contribution < 1.29 is 4.39 Å². The summed E-state index contributed by atoms with van der Waals surface area (Å²) in [7, 11) is 0. The van der Waals surface area contributed by atoms with Crippen molar-refractivity contribution in [2.75, 3.05) is 0 Å². The van der Waals surface area contributed by atoms with Gasteiger partial charge in [-0.1, -0.05) is 0 Å². The average molecular weight is 165 g/mol. The second-order valence-corrected chi connectivity index (χ2v) is 2.76. The molecule has 1 N–H and O–H groups in total. The van der Waals surface area contributed by atoms with Gasteiger partial charge in [0.05, 0.1) is 5.52 Å². The third-order valence-corrected chi connectivity index (χ3v) is 1.78. The van der Waals surface area contributed by atoms with Crippen LogP contribution in [0.3, 0.4) is 0 Å². The number of halogens is 1. The zero-order chi connectivity index (χ0) is 8.72. The van der Waals surface area contributed by atoms with E-state index in [1.54, 1.807) is 13.1 Å². The van der Waals surface area contributed by atoms with Crippen LogP contribution < -0.4 is 0 Å². The van der Waals surface area contributed by atoms with Crippen molar-refractivity contribution in [3.8, 4) is 0 Å².